The molecule has 0 aliphatic heterocycles. The van der Waals surface area contributed by atoms with Crippen LogP contribution in [0.1, 0.15) is 24.1 Å². The lowest BCUT2D eigenvalue weighted by Crippen LogP contribution is -2.09. The number of anilines is 1. The normalized spacial score (nSPS) is 12.2. The number of nitrogens with one attached hydrogen (secondary N) is 1. The van der Waals surface area contributed by atoms with Crippen molar-refractivity contribution in [2.24, 2.45) is 0 Å². The van der Waals surface area contributed by atoms with Gasteiger partial charge in [0, 0.05) is 17.3 Å². The molecule has 2 nitrogen and oxygen atoms in total. The number of aliphatic hydroxyl groups is 1. The molecule has 19 heavy (non-hydrogen) atoms. The molecule has 0 heterocycles. The van der Waals surface area contributed by atoms with E-state index in [1.54, 1.807) is 6.07 Å². The van der Waals surface area contributed by atoms with Gasteiger partial charge in [-0.25, -0.2) is 8.78 Å². The quantitative estimate of drug-likeness (QED) is 0.882. The van der Waals surface area contributed by atoms with Crippen LogP contribution in [0.2, 0.25) is 0 Å². The zero-order chi connectivity index (χ0) is 13.8. The Balaban J connectivity index is 2.20. The van der Waals surface area contributed by atoms with E-state index in [2.05, 4.69) is 5.32 Å². The zero-order valence-electron chi connectivity index (χ0n) is 10.5. The molecule has 0 saturated heterocycles. The van der Waals surface area contributed by atoms with E-state index in [9.17, 15) is 13.9 Å². The van der Waals surface area contributed by atoms with E-state index in [0.717, 1.165) is 17.3 Å². The van der Waals surface area contributed by atoms with Crippen molar-refractivity contribution in [2.75, 3.05) is 5.32 Å². The van der Waals surface area contributed by atoms with Gasteiger partial charge in [-0.1, -0.05) is 24.3 Å². The molecular formula is C15H15F2NO. The van der Waals surface area contributed by atoms with Crippen LogP contribution in [0.15, 0.2) is 42.5 Å². The van der Waals surface area contributed by atoms with Gasteiger partial charge < -0.3 is 10.4 Å². The minimum absolute atomic E-state index is 0.0757. The highest BCUT2D eigenvalue weighted by molar-refractivity contribution is 5.52. The smallest absolute Gasteiger partial charge is 0.159 e. The van der Waals surface area contributed by atoms with Gasteiger partial charge in [-0.2, -0.15) is 0 Å². The zero-order valence-corrected chi connectivity index (χ0v) is 10.5. The number of aliphatic hydroxyl groups excluding tert-OH is 1. The second-order valence-corrected chi connectivity index (χ2v) is 4.35. The van der Waals surface area contributed by atoms with Gasteiger partial charge in [-0.3, -0.25) is 0 Å². The van der Waals surface area contributed by atoms with Crippen molar-refractivity contribution in [3.8, 4) is 0 Å². The molecule has 2 rings (SSSR count). The topological polar surface area (TPSA) is 32.3 Å². The summed E-state index contributed by atoms with van der Waals surface area (Å²) in [4.78, 5) is 0. The number of halogens is 2. The summed E-state index contributed by atoms with van der Waals surface area (Å²) in [5, 5.41) is 12.4. The van der Waals surface area contributed by atoms with Crippen molar-refractivity contribution in [3.63, 3.8) is 0 Å². The fourth-order valence-corrected chi connectivity index (χ4v) is 1.90. The first kappa shape index (κ1) is 13.5. The summed E-state index contributed by atoms with van der Waals surface area (Å²) in [5.74, 6) is -1.71. The lowest BCUT2D eigenvalue weighted by atomic mass is 10.1. The van der Waals surface area contributed by atoms with Gasteiger partial charge >= 0.3 is 0 Å². The van der Waals surface area contributed by atoms with Crippen LogP contribution in [0.25, 0.3) is 0 Å². The van der Waals surface area contributed by atoms with E-state index in [1.165, 1.54) is 12.1 Å². The minimum Gasteiger partial charge on any atom is -0.392 e. The molecule has 0 amide bonds. The van der Waals surface area contributed by atoms with Crippen LogP contribution in [0, 0.1) is 11.6 Å². The van der Waals surface area contributed by atoms with E-state index in [0.29, 0.717) is 5.56 Å². The summed E-state index contributed by atoms with van der Waals surface area (Å²) in [6.07, 6.45) is 0. The second-order valence-electron chi connectivity index (χ2n) is 4.35. The molecule has 1 atom stereocenters. The summed E-state index contributed by atoms with van der Waals surface area (Å²) in [6, 6.07) is 11.0. The second kappa shape index (κ2) is 5.80. The highest BCUT2D eigenvalue weighted by atomic mass is 19.2. The highest BCUT2D eigenvalue weighted by Crippen LogP contribution is 2.23. The van der Waals surface area contributed by atoms with Crippen LogP contribution in [-0.4, -0.2) is 5.11 Å². The van der Waals surface area contributed by atoms with Crippen LogP contribution in [0.3, 0.4) is 0 Å². The average Bonchev–Trinajstić information content (AvgIpc) is 2.42. The fourth-order valence-electron chi connectivity index (χ4n) is 1.90. The molecule has 0 radical (unpaired) electrons. The number of rotatable bonds is 4. The van der Waals surface area contributed by atoms with Crippen LogP contribution < -0.4 is 5.32 Å². The monoisotopic (exact) mass is 263 g/mol. The Labute approximate surface area is 110 Å². The Morgan fingerprint density at radius 3 is 2.53 bits per heavy atom. The maximum Gasteiger partial charge on any atom is 0.159 e. The van der Waals surface area contributed by atoms with E-state index in [-0.39, 0.29) is 12.6 Å². The molecule has 1 unspecified atom stereocenters. The molecule has 2 aromatic carbocycles. The Kier molecular flexibility index (Phi) is 4.12. The predicted octanol–water partition coefficient (Wildman–Crippen LogP) is 3.63. The number of para-hydroxylation sites is 1. The van der Waals surface area contributed by atoms with E-state index in [1.807, 2.05) is 25.1 Å². The van der Waals surface area contributed by atoms with Crippen LogP contribution in [-0.2, 0) is 6.61 Å². The molecule has 0 aliphatic carbocycles. The molecule has 0 spiro atoms. The summed E-state index contributed by atoms with van der Waals surface area (Å²) < 4.78 is 26.1. The Morgan fingerprint density at radius 2 is 1.84 bits per heavy atom. The average molecular weight is 263 g/mol. The highest BCUT2D eigenvalue weighted by Gasteiger charge is 2.10. The van der Waals surface area contributed by atoms with Gasteiger partial charge in [0.1, 0.15) is 0 Å². The summed E-state index contributed by atoms with van der Waals surface area (Å²) in [7, 11) is 0. The fraction of sp³-hybridized carbons (Fsp3) is 0.200. The molecule has 100 valence electrons. The molecule has 0 aliphatic rings. The van der Waals surface area contributed by atoms with E-state index >= 15 is 0 Å². The number of benzene rings is 2. The SMILES string of the molecule is CC(Nc1ccccc1CO)c1ccc(F)c(F)c1. The van der Waals surface area contributed by atoms with Crippen molar-refractivity contribution in [1.82, 2.24) is 0 Å². The van der Waals surface area contributed by atoms with Gasteiger partial charge in [0.2, 0.25) is 0 Å². The summed E-state index contributed by atoms with van der Waals surface area (Å²) in [5.41, 5.74) is 2.19. The first-order chi connectivity index (χ1) is 9.11. The number of hydrogen-bond donors (Lipinski definition) is 2. The predicted molar refractivity (Wildman–Crippen MR) is 70.8 cm³/mol. The Hall–Kier alpha value is -1.94. The van der Waals surface area contributed by atoms with E-state index < -0.39 is 11.6 Å². The molecule has 2 N–H and O–H groups in total. The molecule has 0 bridgehead atoms. The third kappa shape index (κ3) is 3.09. The maximum atomic E-state index is 13.2. The summed E-state index contributed by atoms with van der Waals surface area (Å²) in [6.45, 7) is 1.77. The minimum atomic E-state index is -0.860. The molecule has 2 aromatic rings. The van der Waals surface area contributed by atoms with Crippen molar-refractivity contribution >= 4 is 5.69 Å². The first-order valence-electron chi connectivity index (χ1n) is 6.02. The molecule has 0 aromatic heterocycles. The lowest BCUT2D eigenvalue weighted by molar-refractivity contribution is 0.282. The largest absolute Gasteiger partial charge is 0.392 e. The molecule has 0 fully saturated rings. The van der Waals surface area contributed by atoms with Crippen molar-refractivity contribution in [2.45, 2.75) is 19.6 Å². The van der Waals surface area contributed by atoms with E-state index in [4.69, 9.17) is 0 Å². The van der Waals surface area contributed by atoms with Gasteiger partial charge in [0.05, 0.1) is 6.61 Å². The molecular weight excluding hydrogens is 248 g/mol. The molecule has 0 saturated carbocycles. The number of hydrogen-bond acceptors (Lipinski definition) is 2. The van der Waals surface area contributed by atoms with Gasteiger partial charge in [-0.05, 0) is 30.7 Å². The lowest BCUT2D eigenvalue weighted by Gasteiger charge is -2.18. The third-order valence-corrected chi connectivity index (χ3v) is 3.00. The van der Waals surface area contributed by atoms with Gasteiger partial charge in [-0.15, -0.1) is 0 Å². The van der Waals surface area contributed by atoms with Crippen molar-refractivity contribution < 1.29 is 13.9 Å². The Bertz CT molecular complexity index is 572. The standard InChI is InChI=1S/C15H15F2NO/c1-10(11-6-7-13(16)14(17)8-11)18-15-5-3-2-4-12(15)9-19/h2-8,10,18-19H,9H2,1H3. The van der Waals surface area contributed by atoms with Gasteiger partial charge in [0.25, 0.3) is 0 Å². The van der Waals surface area contributed by atoms with Crippen LogP contribution in [0.4, 0.5) is 14.5 Å². The van der Waals surface area contributed by atoms with Gasteiger partial charge in [0.15, 0.2) is 11.6 Å². The van der Waals surface area contributed by atoms with Crippen molar-refractivity contribution in [1.29, 1.82) is 0 Å². The maximum absolute atomic E-state index is 13.2. The summed E-state index contributed by atoms with van der Waals surface area (Å²) >= 11 is 0. The van der Waals surface area contributed by atoms with Crippen LogP contribution >= 0.6 is 0 Å². The molecule has 4 heteroatoms. The van der Waals surface area contributed by atoms with Crippen molar-refractivity contribution in [3.05, 3.63) is 65.2 Å². The third-order valence-electron chi connectivity index (χ3n) is 3.00. The first-order valence-corrected chi connectivity index (χ1v) is 6.02. The van der Waals surface area contributed by atoms with Crippen LogP contribution in [0.5, 0.6) is 0 Å². The Morgan fingerprint density at radius 1 is 1.11 bits per heavy atom.